The molecule has 6 heterocycles. The third-order valence-electron chi connectivity index (χ3n) is 19.9. The second-order valence-electron chi connectivity index (χ2n) is 31.9. The molecular weight excluding hydrogens is 1620 g/mol. The standard InChI is InChI=1S/C84H119N21O20/c1-12-104-65(43-54(7)97-104)74(110)95-79-91-61-45-57(71(85)107)21-24-64(61)102(79)28-14-15-29-103-70-62(92-80(103)96-75(111)66-44-55(8)98-105(66)13-2)46-58(72(86)108)47-67(70)121-31-17-27-100-49-84(50-100)51-101(30-33-123-84)77(113)63(42-52(3)4)93-81(115)122-48-56-19-22-59(23-20-56)89-73(109)60(18-16-26-88-78(87)114)90-76(112)69(53(5)6)94-68(106)25-32-117-34-35-118-36-37-119-38-39-120-40-41-124-99-82(116)125-83(9,10)11/h14-15,19-24,43-47,52-53,60,63,69H,12-13,16-18,25-42,48-51H2,1-11H3,(H2,85,107)(H2,86,108)(H,89,109)(H,90,112)(H,93,115)(H,94,106)(H,99,116)(H3,87,88,114)(H,91,95,110)(H,92,96,111)/b15-14+/t60-,63-,69-/m0/s1. The summed E-state index contributed by atoms with van der Waals surface area (Å²) in [5.41, 5.74) is 22.6. The molecule has 1 spiro atoms. The molecule has 41 heteroatoms. The minimum Gasteiger partial charge on any atom is -0.491 e. The number of amides is 12. The second-order valence-corrected chi connectivity index (χ2v) is 31.9. The molecule has 9 rings (SSSR count). The van der Waals surface area contributed by atoms with Gasteiger partial charge in [0.1, 0.15) is 58.6 Å². The van der Waals surface area contributed by atoms with Crippen molar-refractivity contribution in [3.8, 4) is 5.75 Å². The number of carbonyl (C=O) groups excluding carboxylic acids is 11. The summed E-state index contributed by atoms with van der Waals surface area (Å²) in [7, 11) is 0. The van der Waals surface area contributed by atoms with Crippen LogP contribution >= 0.6 is 0 Å². The highest BCUT2D eigenvalue weighted by molar-refractivity contribution is 6.05. The number of urea groups is 1. The zero-order valence-electron chi connectivity index (χ0n) is 72.9. The van der Waals surface area contributed by atoms with Crippen LogP contribution in [0.2, 0.25) is 0 Å². The van der Waals surface area contributed by atoms with Crippen LogP contribution in [0.4, 0.5) is 32.0 Å². The molecule has 0 saturated carbocycles. The molecule has 0 radical (unpaired) electrons. The van der Waals surface area contributed by atoms with Gasteiger partial charge in [-0.25, -0.2) is 24.4 Å². The van der Waals surface area contributed by atoms with Gasteiger partial charge >= 0.3 is 18.2 Å². The van der Waals surface area contributed by atoms with Crippen LogP contribution in [-0.2, 0) is 90.0 Å². The maximum atomic E-state index is 14.5. The molecule has 2 fully saturated rings. The summed E-state index contributed by atoms with van der Waals surface area (Å²) in [5.74, 6) is -4.07. The van der Waals surface area contributed by atoms with Crippen LogP contribution in [0, 0.1) is 25.7 Å². The minimum absolute atomic E-state index is 0.000127. The number of aromatic nitrogens is 8. The van der Waals surface area contributed by atoms with E-state index in [1.54, 1.807) is 126 Å². The number of nitrogens with zero attached hydrogens (tertiary/aromatic N) is 10. The molecule has 12 amide bonds. The average molecular weight is 1740 g/mol. The first-order valence-corrected chi connectivity index (χ1v) is 41.9. The molecule has 125 heavy (non-hydrogen) atoms. The van der Waals surface area contributed by atoms with Gasteiger partial charge in [0, 0.05) is 82.1 Å². The molecule has 2 saturated heterocycles. The number of fused-ring (bicyclic) bond motifs is 2. The number of alkyl carbamates (subject to hydrolysis) is 1. The molecule has 3 atom stereocenters. The number of rotatable bonds is 49. The number of aryl methyl sites for hydroxylation is 4. The number of hydrogen-bond donors (Lipinski definition) is 11. The monoisotopic (exact) mass is 1740 g/mol. The van der Waals surface area contributed by atoms with E-state index in [1.807, 2.05) is 39.8 Å². The number of hydrogen-bond acceptors (Lipinski definition) is 25. The lowest BCUT2D eigenvalue weighted by Gasteiger charge is -2.54. The van der Waals surface area contributed by atoms with Crippen molar-refractivity contribution in [2.45, 2.75) is 170 Å². The number of morpholine rings is 1. The molecule has 41 nitrogen and oxygen atoms in total. The molecule has 2 aliphatic rings. The largest absolute Gasteiger partial charge is 0.491 e. The number of likely N-dealkylation sites (tertiary alicyclic amines) is 1. The Hall–Kier alpha value is -12.1. The summed E-state index contributed by atoms with van der Waals surface area (Å²) in [6.07, 6.45) is 3.25. The summed E-state index contributed by atoms with van der Waals surface area (Å²) in [4.78, 5) is 164. The predicted octanol–water partition coefficient (Wildman–Crippen LogP) is 5.34. The van der Waals surface area contributed by atoms with E-state index >= 15 is 0 Å². The van der Waals surface area contributed by atoms with E-state index in [0.29, 0.717) is 135 Å². The van der Waals surface area contributed by atoms with Gasteiger partial charge in [-0.1, -0.05) is 52.0 Å². The highest BCUT2D eigenvalue weighted by atomic mass is 16.7. The second kappa shape index (κ2) is 46.5. The van der Waals surface area contributed by atoms with Gasteiger partial charge in [0.05, 0.1) is 107 Å². The Labute approximate surface area is 724 Å². The SMILES string of the molecule is CCn1nc(C)cc1C(=O)Nc1nc2cc(C(N)=O)ccc2n1C/C=C/Cn1c(NC(=O)c2cc(C)nn2CC)nc2cc(C(N)=O)cc(OCCCN3CC4(C3)CN(C(=O)[C@H](CC(C)C)NC(=O)OCc3ccc(NC(=O)[C@H](CCCNC(N)=O)NC(=O)[C@@H](NC(=O)CCOCCOCCOCCOCCONC(=O)OC(C)(C)C)C(C)C)cc3)CCO4)c21. The third kappa shape index (κ3) is 29.2. The Morgan fingerprint density at radius 3 is 1.81 bits per heavy atom. The van der Waals surface area contributed by atoms with Crippen molar-refractivity contribution in [1.82, 2.24) is 75.2 Å². The highest BCUT2D eigenvalue weighted by Gasteiger charge is 2.49. The minimum atomic E-state index is -1.12. The van der Waals surface area contributed by atoms with Gasteiger partial charge in [0.2, 0.25) is 47.3 Å². The molecule has 2 aliphatic heterocycles. The number of hydroxylamine groups is 1. The molecule has 680 valence electrons. The van der Waals surface area contributed by atoms with Crippen LogP contribution in [0.15, 0.2) is 78.9 Å². The summed E-state index contributed by atoms with van der Waals surface area (Å²) >= 11 is 0. The van der Waals surface area contributed by atoms with Crippen LogP contribution in [0.5, 0.6) is 5.75 Å². The van der Waals surface area contributed by atoms with Gasteiger partial charge in [-0.05, 0) is 146 Å². The van der Waals surface area contributed by atoms with E-state index in [0.717, 1.165) is 0 Å². The Kier molecular flexibility index (Phi) is 36.0. The molecule has 4 aromatic heterocycles. The molecule has 0 aliphatic carbocycles. The maximum absolute atomic E-state index is 14.5. The Bertz CT molecular complexity index is 4910. The van der Waals surface area contributed by atoms with Gasteiger partial charge in [0.25, 0.3) is 11.8 Å². The highest BCUT2D eigenvalue weighted by Crippen LogP contribution is 2.34. The fraction of sp³-hybridized carbons (Fsp3) is 0.536. The first kappa shape index (κ1) is 96.7. The van der Waals surface area contributed by atoms with E-state index in [2.05, 4.69) is 57.8 Å². The first-order valence-electron chi connectivity index (χ1n) is 41.9. The number of imidazole rings is 2. The van der Waals surface area contributed by atoms with Gasteiger partial charge in [-0.2, -0.15) is 15.7 Å². The summed E-state index contributed by atoms with van der Waals surface area (Å²) < 4.78 is 52.3. The van der Waals surface area contributed by atoms with Crippen molar-refractivity contribution >= 4 is 105 Å². The van der Waals surface area contributed by atoms with Crippen molar-refractivity contribution in [3.63, 3.8) is 0 Å². The quantitative estimate of drug-likeness (QED) is 0.0130. The van der Waals surface area contributed by atoms with Crippen LogP contribution in [-0.4, -0.2) is 255 Å². The lowest BCUT2D eigenvalue weighted by molar-refractivity contribution is -0.190. The zero-order valence-corrected chi connectivity index (χ0v) is 72.9. The number of allylic oxidation sites excluding steroid dienone is 2. The lowest BCUT2D eigenvalue weighted by atomic mass is 9.91. The Balaban J connectivity index is 0.741. The van der Waals surface area contributed by atoms with Crippen LogP contribution in [0.25, 0.3) is 22.1 Å². The summed E-state index contributed by atoms with van der Waals surface area (Å²) in [5, 5.41) is 28.4. The average Bonchev–Trinajstić information content (AvgIpc) is 1.37. The fourth-order valence-electron chi connectivity index (χ4n) is 14.0. The zero-order chi connectivity index (χ0) is 90.5. The number of nitrogens with two attached hydrogens (primary N) is 3. The van der Waals surface area contributed by atoms with Gasteiger partial charge < -0.3 is 95.7 Å². The predicted molar refractivity (Wildman–Crippen MR) is 459 cm³/mol. The van der Waals surface area contributed by atoms with Gasteiger partial charge in [-0.3, -0.25) is 68.1 Å². The van der Waals surface area contributed by atoms with E-state index in [-0.39, 0.29) is 139 Å². The fourth-order valence-corrected chi connectivity index (χ4v) is 14.0. The van der Waals surface area contributed by atoms with Crippen molar-refractivity contribution in [1.29, 1.82) is 0 Å². The van der Waals surface area contributed by atoms with Crippen LogP contribution in [0.1, 0.15) is 153 Å². The van der Waals surface area contributed by atoms with E-state index in [1.165, 1.54) is 12.1 Å². The molecule has 3 aromatic carbocycles. The number of ether oxygens (including phenoxy) is 8. The third-order valence-corrected chi connectivity index (χ3v) is 19.9. The van der Waals surface area contributed by atoms with E-state index in [9.17, 15) is 52.7 Å². The van der Waals surface area contributed by atoms with Crippen molar-refractivity contribution in [2.24, 2.45) is 29.0 Å². The maximum Gasteiger partial charge on any atom is 0.431 e. The van der Waals surface area contributed by atoms with Crippen molar-refractivity contribution in [2.75, 3.05) is 128 Å². The summed E-state index contributed by atoms with van der Waals surface area (Å²) in [6, 6.07) is 13.9. The number of anilines is 3. The number of primary amides is 3. The molecular formula is C84H119N21O20. The molecule has 7 aromatic rings. The Morgan fingerprint density at radius 1 is 0.624 bits per heavy atom. The van der Waals surface area contributed by atoms with Crippen molar-refractivity contribution in [3.05, 3.63) is 118 Å². The topological polar surface area (TPSA) is 523 Å². The van der Waals surface area contributed by atoms with Crippen LogP contribution in [0.3, 0.4) is 0 Å². The normalized spacial score (nSPS) is 14.1. The number of carbonyl (C=O) groups is 11. The Morgan fingerprint density at radius 2 is 1.22 bits per heavy atom. The van der Waals surface area contributed by atoms with E-state index < -0.39 is 94.8 Å². The van der Waals surface area contributed by atoms with Crippen LogP contribution < -0.4 is 64.6 Å². The molecule has 0 bridgehead atoms. The molecule has 0 unspecified atom stereocenters. The number of nitrogens with one attached hydrogen (secondary N) is 8. The molecule has 14 N–H and O–H groups in total. The van der Waals surface area contributed by atoms with Gasteiger partial charge in [0.15, 0.2) is 0 Å². The van der Waals surface area contributed by atoms with Gasteiger partial charge in [-0.15, -0.1) is 0 Å². The summed E-state index contributed by atoms with van der Waals surface area (Å²) in [6.45, 7) is 25.6. The number of benzene rings is 3. The van der Waals surface area contributed by atoms with Crippen molar-refractivity contribution < 1.29 is 95.5 Å². The van der Waals surface area contributed by atoms with E-state index in [4.69, 9.17) is 69.9 Å². The first-order chi connectivity index (χ1) is 59.7. The lowest BCUT2D eigenvalue weighted by Crippen LogP contribution is -2.71. The smallest absolute Gasteiger partial charge is 0.431 e.